The first-order valence-corrected chi connectivity index (χ1v) is 12.5. The van der Waals surface area contributed by atoms with Gasteiger partial charge in [0.2, 0.25) is 5.88 Å². The Morgan fingerprint density at radius 3 is 2.81 bits per heavy atom. The number of fused-ring (bicyclic) bond motifs is 2. The molecule has 190 valence electrons. The summed E-state index contributed by atoms with van der Waals surface area (Å²) in [7, 11) is 1.61. The van der Waals surface area contributed by atoms with Crippen LogP contribution >= 0.6 is 11.6 Å². The Morgan fingerprint density at radius 1 is 1.14 bits per heavy atom. The van der Waals surface area contributed by atoms with Gasteiger partial charge >= 0.3 is 0 Å². The molecule has 0 atom stereocenters. The molecule has 2 aromatic carbocycles. The van der Waals surface area contributed by atoms with Crippen molar-refractivity contribution in [2.45, 2.75) is 32.2 Å². The highest BCUT2D eigenvalue weighted by Gasteiger charge is 2.22. The van der Waals surface area contributed by atoms with Crippen molar-refractivity contribution in [1.29, 1.82) is 0 Å². The van der Waals surface area contributed by atoms with Gasteiger partial charge in [0.05, 0.1) is 18.7 Å². The molecule has 1 aromatic heterocycles. The van der Waals surface area contributed by atoms with Gasteiger partial charge < -0.3 is 29.7 Å². The quantitative estimate of drug-likeness (QED) is 0.355. The van der Waals surface area contributed by atoms with Gasteiger partial charge in [0.15, 0.2) is 17.3 Å². The maximum Gasteiger partial charge on any atom is 0.248 e. The molecule has 0 unspecified atom stereocenters. The number of likely N-dealkylation sites (tertiary alicyclic amines) is 1. The maximum atomic E-state index is 13.6. The van der Waals surface area contributed by atoms with Crippen LogP contribution in [0.25, 0.3) is 0 Å². The van der Waals surface area contributed by atoms with Crippen molar-refractivity contribution >= 4 is 28.8 Å². The summed E-state index contributed by atoms with van der Waals surface area (Å²) in [6.45, 7) is 4.48. The Kier molecular flexibility index (Phi) is 7.58. The van der Waals surface area contributed by atoms with Gasteiger partial charge in [-0.2, -0.15) is 4.98 Å². The number of anilines is 3. The van der Waals surface area contributed by atoms with E-state index in [1.54, 1.807) is 13.2 Å². The molecule has 0 aliphatic carbocycles. The molecular weight excluding hydrogens is 485 g/mol. The van der Waals surface area contributed by atoms with Crippen LogP contribution in [0.1, 0.15) is 31.2 Å². The van der Waals surface area contributed by atoms with Gasteiger partial charge in [0, 0.05) is 30.4 Å². The molecule has 0 saturated carbocycles. The summed E-state index contributed by atoms with van der Waals surface area (Å²) >= 11 is 5.92. The Bertz CT molecular complexity index is 1220. The molecule has 0 radical (unpaired) electrons. The number of hydrogen-bond acceptors (Lipinski definition) is 8. The molecule has 36 heavy (non-hydrogen) atoms. The first-order valence-electron chi connectivity index (χ1n) is 12.2. The molecule has 2 N–H and O–H groups in total. The zero-order chi connectivity index (χ0) is 24.9. The van der Waals surface area contributed by atoms with Crippen molar-refractivity contribution in [2.24, 2.45) is 0 Å². The lowest BCUT2D eigenvalue weighted by molar-refractivity contribution is 0.202. The predicted octanol–water partition coefficient (Wildman–Crippen LogP) is 5.99. The molecule has 5 rings (SSSR count). The van der Waals surface area contributed by atoms with Crippen LogP contribution in [0.4, 0.5) is 21.6 Å². The number of hydrogen-bond donors (Lipinski definition) is 2. The van der Waals surface area contributed by atoms with Crippen LogP contribution < -0.4 is 24.8 Å². The molecule has 0 amide bonds. The molecule has 2 aliphatic rings. The van der Waals surface area contributed by atoms with Crippen LogP contribution in [-0.2, 0) is 6.54 Å². The van der Waals surface area contributed by atoms with Crippen molar-refractivity contribution in [2.75, 3.05) is 44.0 Å². The lowest BCUT2D eigenvalue weighted by Crippen LogP contribution is -2.31. The number of methoxy groups -OCH3 is 1. The molecule has 8 nitrogen and oxygen atoms in total. The summed E-state index contributed by atoms with van der Waals surface area (Å²) in [5.41, 5.74) is 2.07. The van der Waals surface area contributed by atoms with Crippen LogP contribution in [0.5, 0.6) is 23.1 Å². The minimum absolute atomic E-state index is 0.0207. The lowest BCUT2D eigenvalue weighted by atomic mass is 10.1. The summed E-state index contributed by atoms with van der Waals surface area (Å²) < 4.78 is 31.4. The minimum atomic E-state index is -0.487. The molecule has 1 fully saturated rings. The summed E-state index contributed by atoms with van der Waals surface area (Å²) in [4.78, 5) is 11.1. The van der Waals surface area contributed by atoms with Crippen LogP contribution in [0.15, 0.2) is 36.7 Å². The van der Waals surface area contributed by atoms with E-state index < -0.39 is 5.82 Å². The topological polar surface area (TPSA) is 80.8 Å². The molecular formula is C26H29ClFN5O3. The van der Waals surface area contributed by atoms with Gasteiger partial charge in [0.25, 0.3) is 0 Å². The third-order valence-corrected chi connectivity index (χ3v) is 6.62. The Hall–Kier alpha value is -3.30. The molecule has 1 saturated heterocycles. The third-order valence-electron chi connectivity index (χ3n) is 6.33. The average Bonchev–Trinajstić information content (AvgIpc) is 3.08. The van der Waals surface area contributed by atoms with E-state index in [0.29, 0.717) is 53.5 Å². The highest BCUT2D eigenvalue weighted by atomic mass is 35.5. The van der Waals surface area contributed by atoms with Gasteiger partial charge in [-0.3, -0.25) is 0 Å². The number of benzene rings is 2. The van der Waals surface area contributed by atoms with Gasteiger partial charge in [-0.1, -0.05) is 18.0 Å². The van der Waals surface area contributed by atoms with Gasteiger partial charge in [-0.25, -0.2) is 9.37 Å². The number of aromatic nitrogens is 2. The van der Waals surface area contributed by atoms with Gasteiger partial charge in [0.1, 0.15) is 23.6 Å². The first-order chi connectivity index (χ1) is 17.6. The highest BCUT2D eigenvalue weighted by molar-refractivity contribution is 6.31. The Balaban J connectivity index is 1.29. The van der Waals surface area contributed by atoms with E-state index in [4.69, 9.17) is 25.8 Å². The number of nitrogens with one attached hydrogen (secondary N) is 2. The van der Waals surface area contributed by atoms with E-state index in [1.165, 1.54) is 50.8 Å². The largest absolute Gasteiger partial charge is 0.493 e. The van der Waals surface area contributed by atoms with E-state index in [2.05, 4.69) is 25.5 Å². The number of rotatable bonds is 8. The lowest BCUT2D eigenvalue weighted by Gasteiger charge is -2.26. The zero-order valence-electron chi connectivity index (χ0n) is 20.2. The third kappa shape index (κ3) is 5.57. The van der Waals surface area contributed by atoms with Crippen LogP contribution in [0.2, 0.25) is 5.02 Å². The second kappa shape index (κ2) is 11.2. The fourth-order valence-corrected chi connectivity index (χ4v) is 4.62. The standard InChI is InChI=1S/C26H29ClFN5O3/c1-34-22-14-21-17(12-23(22)35-11-5-10-33-8-3-2-4-9-33)15-29-24-25(30-16-31-26(24)36-21)32-18-6-7-20(28)19(27)13-18/h6-7,12-14,16,29H,2-5,8-11,15H2,1H3,(H,30,31,32). The molecule has 0 spiro atoms. The van der Waals surface area contributed by atoms with Crippen LogP contribution in [0.3, 0.4) is 0 Å². The molecule has 3 heterocycles. The number of nitrogens with zero attached hydrogens (tertiary/aromatic N) is 3. The summed E-state index contributed by atoms with van der Waals surface area (Å²) in [5.74, 6) is 2.25. The maximum absolute atomic E-state index is 13.6. The van der Waals surface area contributed by atoms with Crippen molar-refractivity contribution in [1.82, 2.24) is 14.9 Å². The summed E-state index contributed by atoms with van der Waals surface area (Å²) in [5, 5.41) is 6.52. The SMILES string of the molecule is COc1cc2c(cc1OCCCN1CCCCC1)CNc1c(Nc3ccc(F)c(Cl)c3)ncnc1O2. The van der Waals surface area contributed by atoms with E-state index in [-0.39, 0.29) is 5.02 Å². The molecule has 3 aromatic rings. The molecule has 0 bridgehead atoms. The first kappa shape index (κ1) is 24.4. The number of piperidine rings is 1. The van der Waals surface area contributed by atoms with Crippen molar-refractivity contribution in [3.8, 4) is 23.1 Å². The zero-order valence-corrected chi connectivity index (χ0v) is 20.9. The predicted molar refractivity (Wildman–Crippen MR) is 138 cm³/mol. The van der Waals surface area contributed by atoms with Gasteiger partial charge in [-0.15, -0.1) is 0 Å². The molecule has 2 aliphatic heterocycles. The second-order valence-corrected chi connectivity index (χ2v) is 9.23. The van der Waals surface area contributed by atoms with Crippen molar-refractivity contribution in [3.05, 3.63) is 53.1 Å². The average molecular weight is 514 g/mol. The Labute approximate surface area is 214 Å². The van der Waals surface area contributed by atoms with Crippen LogP contribution in [0, 0.1) is 5.82 Å². The number of halogens is 2. The van der Waals surface area contributed by atoms with Crippen molar-refractivity contribution in [3.63, 3.8) is 0 Å². The normalized spacial score (nSPS) is 15.1. The summed E-state index contributed by atoms with van der Waals surface area (Å²) in [6.07, 6.45) is 6.26. The highest BCUT2D eigenvalue weighted by Crippen LogP contribution is 2.42. The number of ether oxygens (including phenoxy) is 3. The fraction of sp³-hybridized carbons (Fsp3) is 0.385. The monoisotopic (exact) mass is 513 g/mol. The Morgan fingerprint density at radius 2 is 2.00 bits per heavy atom. The summed E-state index contributed by atoms with van der Waals surface area (Å²) in [6, 6.07) is 8.14. The minimum Gasteiger partial charge on any atom is -0.493 e. The van der Waals surface area contributed by atoms with Crippen LogP contribution in [-0.4, -0.2) is 48.2 Å². The molecule has 10 heteroatoms. The van der Waals surface area contributed by atoms with E-state index in [0.717, 1.165) is 18.5 Å². The second-order valence-electron chi connectivity index (χ2n) is 8.83. The van der Waals surface area contributed by atoms with E-state index in [1.807, 2.05) is 12.1 Å². The van der Waals surface area contributed by atoms with Gasteiger partial charge in [-0.05, 0) is 56.6 Å². The van der Waals surface area contributed by atoms with E-state index >= 15 is 0 Å². The smallest absolute Gasteiger partial charge is 0.248 e. The van der Waals surface area contributed by atoms with E-state index in [9.17, 15) is 4.39 Å². The fourth-order valence-electron chi connectivity index (χ4n) is 4.44. The van der Waals surface area contributed by atoms with Crippen molar-refractivity contribution < 1.29 is 18.6 Å².